The largest absolute Gasteiger partial charge is 0.490 e. The lowest BCUT2D eigenvalue weighted by atomic mass is 10.1. The number of fused-ring (bicyclic) bond motifs is 1. The van der Waals surface area contributed by atoms with E-state index in [9.17, 15) is 4.79 Å². The minimum atomic E-state index is -0.503. The van der Waals surface area contributed by atoms with Crippen molar-refractivity contribution in [2.75, 3.05) is 31.8 Å². The molecule has 6 nitrogen and oxygen atoms in total. The molecule has 6 heteroatoms. The normalized spacial score (nSPS) is 15.2. The van der Waals surface area contributed by atoms with Crippen LogP contribution in [0.3, 0.4) is 0 Å². The van der Waals surface area contributed by atoms with Crippen LogP contribution in [-0.4, -0.2) is 38.9 Å². The van der Waals surface area contributed by atoms with Crippen molar-refractivity contribution in [2.45, 2.75) is 19.6 Å². The van der Waals surface area contributed by atoms with Gasteiger partial charge in [0.15, 0.2) is 6.10 Å². The standard InChI is InChI=1S/C28H29NO5/c1-3-32-27(28(30)31-2)17-21-13-15-23(16-14-21)33-20-24-19-29(18-22-9-5-4-6-10-22)25-11-7-8-12-26(25)34-24/h4-17,24H,3,18-20H2,1-2H3. The number of ether oxygens (including phenoxy) is 4. The van der Waals surface area contributed by atoms with Crippen molar-refractivity contribution < 1.29 is 23.7 Å². The highest BCUT2D eigenvalue weighted by molar-refractivity contribution is 5.91. The smallest absolute Gasteiger partial charge is 0.373 e. The van der Waals surface area contributed by atoms with Crippen LogP contribution in [0.5, 0.6) is 11.5 Å². The first-order valence-electron chi connectivity index (χ1n) is 11.4. The third-order valence-electron chi connectivity index (χ3n) is 5.44. The first-order chi connectivity index (χ1) is 16.7. The lowest BCUT2D eigenvalue weighted by Gasteiger charge is -2.36. The Bertz CT molecular complexity index is 1110. The van der Waals surface area contributed by atoms with Crippen molar-refractivity contribution in [3.63, 3.8) is 0 Å². The summed E-state index contributed by atoms with van der Waals surface area (Å²) in [4.78, 5) is 14.2. The highest BCUT2D eigenvalue weighted by atomic mass is 16.6. The van der Waals surface area contributed by atoms with Crippen molar-refractivity contribution in [3.8, 4) is 11.5 Å². The molecule has 0 radical (unpaired) electrons. The molecule has 4 rings (SSSR count). The quantitative estimate of drug-likeness (QED) is 0.253. The van der Waals surface area contributed by atoms with E-state index < -0.39 is 5.97 Å². The summed E-state index contributed by atoms with van der Waals surface area (Å²) < 4.78 is 22.4. The maximum Gasteiger partial charge on any atom is 0.373 e. The van der Waals surface area contributed by atoms with E-state index in [4.69, 9.17) is 18.9 Å². The third kappa shape index (κ3) is 5.90. The molecule has 1 aliphatic heterocycles. The average molecular weight is 460 g/mol. The predicted molar refractivity (Wildman–Crippen MR) is 132 cm³/mol. The molecule has 0 saturated carbocycles. The molecule has 1 aliphatic rings. The van der Waals surface area contributed by atoms with Crippen LogP contribution in [0.2, 0.25) is 0 Å². The maximum atomic E-state index is 11.8. The number of esters is 1. The van der Waals surface area contributed by atoms with Crippen molar-refractivity contribution >= 4 is 17.7 Å². The van der Waals surface area contributed by atoms with Crippen LogP contribution in [0, 0.1) is 0 Å². The Morgan fingerprint density at radius 2 is 1.76 bits per heavy atom. The highest BCUT2D eigenvalue weighted by Crippen LogP contribution is 2.34. The SMILES string of the molecule is CCOC(=Cc1ccc(OCC2CN(Cc3ccccc3)c3ccccc3O2)cc1)C(=O)OC. The second-order valence-corrected chi connectivity index (χ2v) is 7.89. The summed E-state index contributed by atoms with van der Waals surface area (Å²) in [5, 5.41) is 0. The van der Waals surface area contributed by atoms with Gasteiger partial charge in [-0.25, -0.2) is 4.79 Å². The van der Waals surface area contributed by atoms with Gasteiger partial charge >= 0.3 is 5.97 Å². The molecule has 34 heavy (non-hydrogen) atoms. The molecule has 1 atom stereocenters. The minimum Gasteiger partial charge on any atom is -0.490 e. The van der Waals surface area contributed by atoms with Gasteiger partial charge in [0.05, 0.1) is 25.9 Å². The number of hydrogen-bond donors (Lipinski definition) is 0. The maximum absolute atomic E-state index is 11.8. The molecule has 0 amide bonds. The molecule has 1 heterocycles. The fourth-order valence-corrected chi connectivity index (χ4v) is 3.84. The van der Waals surface area contributed by atoms with E-state index in [0.717, 1.165) is 35.8 Å². The molecule has 176 valence electrons. The third-order valence-corrected chi connectivity index (χ3v) is 5.44. The Kier molecular flexibility index (Phi) is 7.71. The van der Waals surface area contributed by atoms with E-state index in [1.807, 2.05) is 55.5 Å². The van der Waals surface area contributed by atoms with Crippen molar-refractivity contribution in [1.82, 2.24) is 0 Å². The molecule has 3 aromatic carbocycles. The lowest BCUT2D eigenvalue weighted by Crippen LogP contribution is -2.42. The van der Waals surface area contributed by atoms with Crippen LogP contribution < -0.4 is 14.4 Å². The second kappa shape index (κ2) is 11.3. The summed E-state index contributed by atoms with van der Waals surface area (Å²) in [6.07, 6.45) is 1.55. The highest BCUT2D eigenvalue weighted by Gasteiger charge is 2.26. The van der Waals surface area contributed by atoms with Gasteiger partial charge in [0, 0.05) is 6.54 Å². The van der Waals surface area contributed by atoms with E-state index in [1.165, 1.54) is 12.7 Å². The van der Waals surface area contributed by atoms with Crippen molar-refractivity contribution in [1.29, 1.82) is 0 Å². The molecule has 0 bridgehead atoms. The van der Waals surface area contributed by atoms with Crippen LogP contribution in [0.4, 0.5) is 5.69 Å². The van der Waals surface area contributed by atoms with E-state index >= 15 is 0 Å². The van der Waals surface area contributed by atoms with Gasteiger partial charge in [0.2, 0.25) is 5.76 Å². The zero-order valence-corrected chi connectivity index (χ0v) is 19.5. The number of nitrogens with zero attached hydrogens (tertiary/aromatic N) is 1. The van der Waals surface area contributed by atoms with E-state index in [2.05, 4.69) is 35.2 Å². The number of anilines is 1. The second-order valence-electron chi connectivity index (χ2n) is 7.89. The number of methoxy groups -OCH3 is 1. The first-order valence-corrected chi connectivity index (χ1v) is 11.4. The van der Waals surface area contributed by atoms with Gasteiger partial charge in [0.25, 0.3) is 0 Å². The van der Waals surface area contributed by atoms with E-state index in [-0.39, 0.29) is 11.9 Å². The molecular formula is C28H29NO5. The lowest BCUT2D eigenvalue weighted by molar-refractivity contribution is -0.139. The fourth-order valence-electron chi connectivity index (χ4n) is 3.84. The van der Waals surface area contributed by atoms with Crippen molar-refractivity contribution in [2.24, 2.45) is 0 Å². The molecule has 0 aliphatic carbocycles. The molecule has 0 spiro atoms. The average Bonchev–Trinajstić information content (AvgIpc) is 2.88. The summed E-state index contributed by atoms with van der Waals surface area (Å²) in [7, 11) is 1.33. The Morgan fingerprint density at radius 1 is 1.03 bits per heavy atom. The van der Waals surface area contributed by atoms with Crippen LogP contribution in [-0.2, 0) is 20.8 Å². The number of hydrogen-bond acceptors (Lipinski definition) is 6. The van der Waals surface area contributed by atoms with Gasteiger partial charge in [-0.1, -0.05) is 54.6 Å². The summed E-state index contributed by atoms with van der Waals surface area (Å²) >= 11 is 0. The molecule has 3 aromatic rings. The number of benzene rings is 3. The Hall–Kier alpha value is -3.93. The predicted octanol–water partition coefficient (Wildman–Crippen LogP) is 5.08. The molecule has 0 fully saturated rings. The number of carbonyl (C=O) groups is 1. The summed E-state index contributed by atoms with van der Waals surface area (Å²) in [6, 6.07) is 26.0. The zero-order valence-electron chi connectivity index (χ0n) is 19.5. The molecule has 0 saturated heterocycles. The van der Waals surface area contributed by atoms with E-state index in [0.29, 0.717) is 13.2 Å². The van der Waals surface area contributed by atoms with Gasteiger partial charge in [-0.3, -0.25) is 0 Å². The number of para-hydroxylation sites is 2. The van der Waals surface area contributed by atoms with Crippen LogP contribution >= 0.6 is 0 Å². The Labute approximate surface area is 200 Å². The van der Waals surface area contributed by atoms with Crippen molar-refractivity contribution in [3.05, 3.63) is 95.7 Å². The summed E-state index contributed by atoms with van der Waals surface area (Å²) in [5.74, 6) is 1.26. The number of carbonyl (C=O) groups excluding carboxylic acids is 1. The number of rotatable bonds is 9. The van der Waals surface area contributed by atoms with Gasteiger partial charge in [-0.2, -0.15) is 0 Å². The summed E-state index contributed by atoms with van der Waals surface area (Å²) in [5.41, 5.74) is 3.16. The van der Waals surface area contributed by atoms with Crippen LogP contribution in [0.25, 0.3) is 6.08 Å². The molecular weight excluding hydrogens is 430 g/mol. The Balaban J connectivity index is 1.41. The molecule has 1 unspecified atom stereocenters. The van der Waals surface area contributed by atoms with Gasteiger partial charge in [0.1, 0.15) is 18.1 Å². The molecule has 0 N–H and O–H groups in total. The Morgan fingerprint density at radius 3 is 2.50 bits per heavy atom. The first kappa shape index (κ1) is 23.2. The van der Waals surface area contributed by atoms with Gasteiger partial charge < -0.3 is 23.8 Å². The van der Waals surface area contributed by atoms with Gasteiger partial charge in [-0.15, -0.1) is 0 Å². The summed E-state index contributed by atoms with van der Waals surface area (Å²) in [6.45, 7) is 4.15. The molecule has 0 aromatic heterocycles. The van der Waals surface area contributed by atoms with Gasteiger partial charge in [-0.05, 0) is 48.4 Å². The topological polar surface area (TPSA) is 57.2 Å². The van der Waals surface area contributed by atoms with Crippen LogP contribution in [0.15, 0.2) is 84.6 Å². The fraction of sp³-hybridized carbons (Fsp3) is 0.250. The van der Waals surface area contributed by atoms with Crippen LogP contribution in [0.1, 0.15) is 18.1 Å². The monoisotopic (exact) mass is 459 g/mol. The van der Waals surface area contributed by atoms with E-state index in [1.54, 1.807) is 6.08 Å². The minimum absolute atomic E-state index is 0.109. The zero-order chi connectivity index (χ0) is 23.8.